The summed E-state index contributed by atoms with van der Waals surface area (Å²) >= 11 is 0. The minimum absolute atomic E-state index is 0.133. The largest absolute Gasteiger partial charge is 0.481 e. The fourth-order valence-corrected chi connectivity index (χ4v) is 7.55. The van der Waals surface area contributed by atoms with Crippen molar-refractivity contribution in [1.82, 2.24) is 13.8 Å². The summed E-state index contributed by atoms with van der Waals surface area (Å²) in [6.45, 7) is 0.674. The highest BCUT2D eigenvalue weighted by molar-refractivity contribution is 7.89. The van der Waals surface area contributed by atoms with Crippen molar-refractivity contribution in [1.29, 1.82) is 0 Å². The zero-order valence-corrected chi connectivity index (χ0v) is 22.6. The van der Waals surface area contributed by atoms with Crippen molar-refractivity contribution in [2.24, 2.45) is 11.8 Å². The van der Waals surface area contributed by atoms with Crippen molar-refractivity contribution in [2.75, 3.05) is 25.4 Å². The van der Waals surface area contributed by atoms with Gasteiger partial charge in [-0.2, -0.15) is 4.31 Å². The Morgan fingerprint density at radius 2 is 1.62 bits per heavy atom. The number of nitrogens with zero attached hydrogens (tertiary/aromatic N) is 3. The van der Waals surface area contributed by atoms with Crippen LogP contribution in [-0.4, -0.2) is 75.9 Å². The molecule has 1 aromatic heterocycles. The van der Waals surface area contributed by atoms with Crippen molar-refractivity contribution in [3.05, 3.63) is 71.4 Å². The molecule has 1 amide bonds. The van der Waals surface area contributed by atoms with Crippen LogP contribution in [0.2, 0.25) is 0 Å². The quantitative estimate of drug-likeness (QED) is 0.439. The molecule has 1 fully saturated rings. The Labute approximate surface area is 231 Å². The Balaban J connectivity index is 1.24. The molecule has 12 heteroatoms. The third kappa shape index (κ3) is 5.54. The number of fused-ring (bicyclic) bond motifs is 3. The molecule has 0 aliphatic carbocycles. The fourth-order valence-electron chi connectivity index (χ4n) is 5.78. The molecule has 2 N–H and O–H groups in total. The van der Waals surface area contributed by atoms with Gasteiger partial charge >= 0.3 is 18.2 Å². The second-order valence-electron chi connectivity index (χ2n) is 10.2. The van der Waals surface area contributed by atoms with Crippen LogP contribution in [0.1, 0.15) is 29.7 Å². The summed E-state index contributed by atoms with van der Waals surface area (Å²) in [5.41, 5.74) is 2.54. The average Bonchev–Trinajstić information content (AvgIpc) is 3.29. The molecule has 0 saturated carbocycles. The molecule has 0 spiro atoms. The predicted molar refractivity (Wildman–Crippen MR) is 145 cm³/mol. The Hall–Kier alpha value is -3.90. The fraction of sp³-hybridized carbons (Fsp3) is 0.393. The lowest BCUT2D eigenvalue weighted by Crippen LogP contribution is -2.45. The van der Waals surface area contributed by atoms with Gasteiger partial charge in [-0.3, -0.25) is 4.79 Å². The maximum atomic E-state index is 13.5. The van der Waals surface area contributed by atoms with Crippen LogP contribution in [-0.2, 0) is 39.1 Å². The highest BCUT2D eigenvalue weighted by Crippen LogP contribution is 2.33. The van der Waals surface area contributed by atoms with Gasteiger partial charge < -0.3 is 19.8 Å². The first kappa shape index (κ1) is 27.7. The first-order valence-corrected chi connectivity index (χ1v) is 14.8. The topological polar surface area (TPSA) is 146 Å². The normalized spacial score (nSPS) is 17.4. The molecule has 3 aromatic rings. The van der Waals surface area contributed by atoms with E-state index >= 15 is 0 Å². The number of carbonyl (C=O) groups excluding carboxylic acids is 1. The number of amides is 1. The van der Waals surface area contributed by atoms with Crippen molar-refractivity contribution in [3.8, 4) is 0 Å². The van der Waals surface area contributed by atoms with E-state index in [9.17, 15) is 33.0 Å². The van der Waals surface area contributed by atoms with Gasteiger partial charge in [-0.15, -0.1) is 0 Å². The van der Waals surface area contributed by atoms with Crippen LogP contribution in [0.15, 0.2) is 54.6 Å². The molecule has 5 rings (SSSR count). The van der Waals surface area contributed by atoms with E-state index in [-0.39, 0.29) is 32.8 Å². The van der Waals surface area contributed by atoms with E-state index in [0.717, 1.165) is 21.1 Å². The number of carboxylic acid groups (broad SMARTS) is 2. The zero-order chi connectivity index (χ0) is 28.4. The van der Waals surface area contributed by atoms with Crippen molar-refractivity contribution in [3.63, 3.8) is 0 Å². The van der Waals surface area contributed by atoms with Crippen molar-refractivity contribution >= 4 is 39.1 Å². The smallest absolute Gasteiger partial charge is 0.416 e. The Kier molecular flexibility index (Phi) is 7.81. The lowest BCUT2D eigenvalue weighted by Gasteiger charge is -2.35. The number of carboxylic acids is 1. The molecule has 1 saturated heterocycles. The van der Waals surface area contributed by atoms with Crippen molar-refractivity contribution in [2.45, 2.75) is 32.4 Å². The van der Waals surface area contributed by atoms with Gasteiger partial charge in [0.1, 0.15) is 6.61 Å². The molecule has 2 aromatic carbocycles. The molecular formula is C28H31N3O8S. The second-order valence-corrected chi connectivity index (χ2v) is 12.2. The number of para-hydroxylation sites is 1. The molecule has 2 aliphatic heterocycles. The van der Waals surface area contributed by atoms with E-state index in [4.69, 9.17) is 4.74 Å². The molecule has 0 bridgehead atoms. The third-order valence-corrected chi connectivity index (χ3v) is 9.77. The number of hydrogen-bond donors (Lipinski definition) is 2. The van der Waals surface area contributed by atoms with Gasteiger partial charge in [0.25, 0.3) is 0 Å². The van der Waals surface area contributed by atoms with Crippen LogP contribution >= 0.6 is 0 Å². The molecule has 11 nitrogen and oxygen atoms in total. The van der Waals surface area contributed by atoms with Gasteiger partial charge in [-0.25, -0.2) is 22.6 Å². The lowest BCUT2D eigenvalue weighted by molar-refractivity contribution is -0.143. The standard InChI is InChI=1S/C28H31N3O8S/c32-26(33)23(20-10-13-29(14-11-20)28(36)39-17-19-6-2-1-3-7-19)18-40(37,38)30-15-12-22-21-8-4-5-9-24(21)31(27(34)35)25(22)16-30/h1-9,20,23H,10-18H2,(H,32,33)(H,34,35). The van der Waals surface area contributed by atoms with E-state index in [2.05, 4.69) is 0 Å². The molecule has 40 heavy (non-hydrogen) atoms. The summed E-state index contributed by atoms with van der Waals surface area (Å²) in [7, 11) is -4.03. The molecule has 3 heterocycles. The number of benzene rings is 2. The number of aliphatic carboxylic acids is 1. The first-order valence-electron chi connectivity index (χ1n) is 13.2. The molecule has 0 radical (unpaired) electrons. The summed E-state index contributed by atoms with van der Waals surface area (Å²) in [6, 6.07) is 16.3. The van der Waals surface area contributed by atoms with Gasteiger partial charge in [-0.05, 0) is 42.4 Å². The average molecular weight is 570 g/mol. The number of likely N-dealkylation sites (tertiary alicyclic amines) is 1. The van der Waals surface area contributed by atoms with Gasteiger partial charge in [-0.1, -0.05) is 48.5 Å². The molecular weight excluding hydrogens is 538 g/mol. The lowest BCUT2D eigenvalue weighted by atomic mass is 9.85. The summed E-state index contributed by atoms with van der Waals surface area (Å²) in [6.07, 6.45) is -0.681. The maximum absolute atomic E-state index is 13.5. The zero-order valence-electron chi connectivity index (χ0n) is 21.8. The Bertz CT molecular complexity index is 1530. The SMILES string of the molecule is O=C(O)C(CS(=O)(=O)N1CCc2c(n(C(=O)O)c3ccccc23)C1)C1CCN(C(=O)OCc2ccccc2)CC1. The summed E-state index contributed by atoms with van der Waals surface area (Å²) < 4.78 is 34.6. The minimum atomic E-state index is -4.03. The van der Waals surface area contributed by atoms with Gasteiger partial charge in [0.05, 0.1) is 23.7 Å². The molecule has 1 unspecified atom stereocenters. The van der Waals surface area contributed by atoms with E-state index in [1.807, 2.05) is 42.5 Å². The number of sulfonamides is 1. The molecule has 2 aliphatic rings. The van der Waals surface area contributed by atoms with Gasteiger partial charge in [0, 0.05) is 30.7 Å². The Morgan fingerprint density at radius 3 is 2.30 bits per heavy atom. The predicted octanol–water partition coefficient (Wildman–Crippen LogP) is 3.60. The van der Waals surface area contributed by atoms with Crippen LogP contribution in [0.5, 0.6) is 0 Å². The minimum Gasteiger partial charge on any atom is -0.481 e. The highest BCUT2D eigenvalue weighted by atomic mass is 32.2. The summed E-state index contributed by atoms with van der Waals surface area (Å²) in [5, 5.41) is 20.6. The first-order chi connectivity index (χ1) is 19.2. The number of piperidine rings is 1. The number of rotatable bonds is 7. The Morgan fingerprint density at radius 1 is 0.950 bits per heavy atom. The van der Waals surface area contributed by atoms with E-state index in [0.29, 0.717) is 30.5 Å². The van der Waals surface area contributed by atoms with Crippen LogP contribution in [0, 0.1) is 11.8 Å². The van der Waals surface area contributed by atoms with E-state index < -0.39 is 45.8 Å². The molecule has 1 atom stereocenters. The third-order valence-electron chi connectivity index (χ3n) is 7.89. The van der Waals surface area contributed by atoms with Crippen LogP contribution in [0.25, 0.3) is 10.9 Å². The monoisotopic (exact) mass is 569 g/mol. The van der Waals surface area contributed by atoms with Crippen LogP contribution in [0.3, 0.4) is 0 Å². The highest BCUT2D eigenvalue weighted by Gasteiger charge is 2.39. The number of hydrogen-bond acceptors (Lipinski definition) is 6. The summed E-state index contributed by atoms with van der Waals surface area (Å²) in [4.78, 5) is 38.3. The molecule has 212 valence electrons. The van der Waals surface area contributed by atoms with Crippen LogP contribution in [0.4, 0.5) is 9.59 Å². The number of aromatic nitrogens is 1. The van der Waals surface area contributed by atoms with Crippen molar-refractivity contribution < 1.29 is 37.8 Å². The van der Waals surface area contributed by atoms with E-state index in [1.165, 1.54) is 9.21 Å². The summed E-state index contributed by atoms with van der Waals surface area (Å²) in [5.74, 6) is -3.38. The van der Waals surface area contributed by atoms with Gasteiger partial charge in [0.2, 0.25) is 10.0 Å². The number of carbonyl (C=O) groups is 3. The maximum Gasteiger partial charge on any atom is 0.416 e. The van der Waals surface area contributed by atoms with E-state index in [1.54, 1.807) is 12.1 Å². The number of ether oxygens (including phenoxy) is 1. The second kappa shape index (κ2) is 11.3. The van der Waals surface area contributed by atoms with Crippen LogP contribution < -0.4 is 0 Å². The van der Waals surface area contributed by atoms with Gasteiger partial charge in [0.15, 0.2) is 0 Å².